The number of aromatic nitrogens is 1. The molecule has 2 N–H and O–H groups in total. The largest absolute Gasteiger partial charge is 0.477 e. The third-order valence-corrected chi connectivity index (χ3v) is 3.26. The van der Waals surface area contributed by atoms with Crippen LogP contribution in [0.25, 0.3) is 0 Å². The SMILES string of the molecule is CCN(CC)c1ccc(Nc2ccnc(C(=O)O)c2)cc1. The van der Waals surface area contributed by atoms with Crippen LogP contribution < -0.4 is 10.2 Å². The number of carboxylic acid groups (broad SMARTS) is 1. The second kappa shape index (κ2) is 6.74. The lowest BCUT2D eigenvalue weighted by molar-refractivity contribution is 0.0690. The van der Waals surface area contributed by atoms with Crippen LogP contribution in [0.2, 0.25) is 0 Å². The molecule has 110 valence electrons. The van der Waals surface area contributed by atoms with Gasteiger partial charge in [-0.3, -0.25) is 0 Å². The molecule has 5 heteroatoms. The highest BCUT2D eigenvalue weighted by Crippen LogP contribution is 2.21. The average Bonchev–Trinajstić information content (AvgIpc) is 2.50. The maximum Gasteiger partial charge on any atom is 0.354 e. The minimum Gasteiger partial charge on any atom is -0.477 e. The number of benzene rings is 1. The molecule has 2 aromatic rings. The number of carboxylic acids is 1. The number of nitrogens with one attached hydrogen (secondary N) is 1. The zero-order chi connectivity index (χ0) is 15.2. The summed E-state index contributed by atoms with van der Waals surface area (Å²) in [5.74, 6) is -1.03. The molecule has 0 amide bonds. The Hall–Kier alpha value is -2.56. The Morgan fingerprint density at radius 2 is 1.81 bits per heavy atom. The molecule has 0 aliphatic rings. The molecule has 0 saturated heterocycles. The highest BCUT2D eigenvalue weighted by Gasteiger charge is 2.05. The van der Waals surface area contributed by atoms with Gasteiger partial charge in [-0.25, -0.2) is 9.78 Å². The monoisotopic (exact) mass is 285 g/mol. The van der Waals surface area contributed by atoms with Crippen LogP contribution in [0.15, 0.2) is 42.6 Å². The minimum atomic E-state index is -1.03. The topological polar surface area (TPSA) is 65.5 Å². The van der Waals surface area contributed by atoms with Gasteiger partial charge in [-0.1, -0.05) is 0 Å². The summed E-state index contributed by atoms with van der Waals surface area (Å²) >= 11 is 0. The molecular formula is C16H19N3O2. The first-order valence-electron chi connectivity index (χ1n) is 6.95. The van der Waals surface area contributed by atoms with Crippen molar-refractivity contribution in [1.29, 1.82) is 0 Å². The number of anilines is 3. The number of carbonyl (C=O) groups is 1. The van der Waals surface area contributed by atoms with Crippen molar-refractivity contribution in [3.05, 3.63) is 48.3 Å². The van der Waals surface area contributed by atoms with Gasteiger partial charge in [0.25, 0.3) is 0 Å². The number of aromatic carboxylic acids is 1. The second-order valence-corrected chi connectivity index (χ2v) is 4.58. The summed E-state index contributed by atoms with van der Waals surface area (Å²) in [5.41, 5.74) is 2.82. The van der Waals surface area contributed by atoms with E-state index < -0.39 is 5.97 Å². The normalized spacial score (nSPS) is 10.2. The van der Waals surface area contributed by atoms with Crippen molar-refractivity contribution in [3.8, 4) is 0 Å². The maximum atomic E-state index is 10.9. The van der Waals surface area contributed by atoms with Crippen LogP contribution in [0.4, 0.5) is 17.1 Å². The molecule has 0 fully saturated rings. The standard InChI is InChI=1S/C16H19N3O2/c1-3-19(4-2)14-7-5-12(6-8-14)18-13-9-10-17-15(11-13)16(20)21/h5-11H,3-4H2,1-2H3,(H,17,18)(H,20,21). The number of hydrogen-bond donors (Lipinski definition) is 2. The molecule has 0 bridgehead atoms. The van der Waals surface area contributed by atoms with E-state index in [0.717, 1.165) is 18.8 Å². The summed E-state index contributed by atoms with van der Waals surface area (Å²) < 4.78 is 0. The summed E-state index contributed by atoms with van der Waals surface area (Å²) in [5, 5.41) is 12.1. The predicted octanol–water partition coefficient (Wildman–Crippen LogP) is 3.37. The Labute approximate surface area is 124 Å². The molecule has 0 saturated carbocycles. The number of hydrogen-bond acceptors (Lipinski definition) is 4. The van der Waals surface area contributed by atoms with Crippen molar-refractivity contribution in [3.63, 3.8) is 0 Å². The quantitative estimate of drug-likeness (QED) is 0.852. The molecule has 21 heavy (non-hydrogen) atoms. The second-order valence-electron chi connectivity index (χ2n) is 4.58. The van der Waals surface area contributed by atoms with E-state index in [2.05, 4.69) is 41.2 Å². The van der Waals surface area contributed by atoms with Gasteiger partial charge < -0.3 is 15.3 Å². The summed E-state index contributed by atoms with van der Waals surface area (Å²) in [7, 11) is 0. The van der Waals surface area contributed by atoms with Gasteiger partial charge in [-0.05, 0) is 50.2 Å². The third-order valence-electron chi connectivity index (χ3n) is 3.26. The molecule has 0 atom stereocenters. The van der Waals surface area contributed by atoms with Crippen molar-refractivity contribution in [2.45, 2.75) is 13.8 Å². The fourth-order valence-electron chi connectivity index (χ4n) is 2.14. The number of pyridine rings is 1. The van der Waals surface area contributed by atoms with Gasteiger partial charge in [0.2, 0.25) is 0 Å². The zero-order valence-electron chi connectivity index (χ0n) is 12.2. The molecule has 0 spiro atoms. The molecule has 0 unspecified atom stereocenters. The molecule has 1 aromatic carbocycles. The van der Waals surface area contributed by atoms with Gasteiger partial charge in [0.15, 0.2) is 0 Å². The minimum absolute atomic E-state index is 0.0276. The van der Waals surface area contributed by atoms with Crippen LogP contribution in [-0.2, 0) is 0 Å². The van der Waals surface area contributed by atoms with Crippen molar-refractivity contribution in [2.24, 2.45) is 0 Å². The Kier molecular flexibility index (Phi) is 4.77. The Morgan fingerprint density at radius 1 is 1.14 bits per heavy atom. The lowest BCUT2D eigenvalue weighted by Crippen LogP contribution is -2.21. The summed E-state index contributed by atoms with van der Waals surface area (Å²) in [6, 6.07) is 11.3. The first kappa shape index (κ1) is 14.8. The summed E-state index contributed by atoms with van der Waals surface area (Å²) in [4.78, 5) is 17.0. The Bertz CT molecular complexity index is 607. The van der Waals surface area contributed by atoms with Crippen LogP contribution in [0.3, 0.4) is 0 Å². The van der Waals surface area contributed by atoms with Gasteiger partial charge in [0.1, 0.15) is 5.69 Å². The molecule has 5 nitrogen and oxygen atoms in total. The zero-order valence-corrected chi connectivity index (χ0v) is 12.2. The fourth-order valence-corrected chi connectivity index (χ4v) is 2.14. The Morgan fingerprint density at radius 3 is 2.38 bits per heavy atom. The molecule has 2 rings (SSSR count). The van der Waals surface area contributed by atoms with Crippen molar-refractivity contribution in [1.82, 2.24) is 4.98 Å². The molecule has 1 aromatic heterocycles. The van der Waals surface area contributed by atoms with Crippen molar-refractivity contribution < 1.29 is 9.90 Å². The lowest BCUT2D eigenvalue weighted by atomic mass is 10.2. The smallest absolute Gasteiger partial charge is 0.354 e. The Balaban J connectivity index is 2.13. The van der Waals surface area contributed by atoms with Crippen LogP contribution in [0, 0.1) is 0 Å². The van der Waals surface area contributed by atoms with Gasteiger partial charge in [-0.2, -0.15) is 0 Å². The highest BCUT2D eigenvalue weighted by molar-refractivity contribution is 5.86. The van der Waals surface area contributed by atoms with E-state index in [1.165, 1.54) is 18.0 Å². The summed E-state index contributed by atoms with van der Waals surface area (Å²) in [6.45, 7) is 6.19. The van der Waals surface area contributed by atoms with Crippen LogP contribution >= 0.6 is 0 Å². The molecule has 1 heterocycles. The van der Waals surface area contributed by atoms with E-state index in [1.54, 1.807) is 6.07 Å². The first-order chi connectivity index (χ1) is 10.1. The van der Waals surface area contributed by atoms with E-state index in [4.69, 9.17) is 5.11 Å². The molecule has 0 aliphatic carbocycles. The van der Waals surface area contributed by atoms with E-state index in [0.29, 0.717) is 5.69 Å². The lowest BCUT2D eigenvalue weighted by Gasteiger charge is -2.21. The van der Waals surface area contributed by atoms with E-state index in [1.807, 2.05) is 12.1 Å². The highest BCUT2D eigenvalue weighted by atomic mass is 16.4. The van der Waals surface area contributed by atoms with Gasteiger partial charge >= 0.3 is 5.97 Å². The van der Waals surface area contributed by atoms with Gasteiger partial charge in [0, 0.05) is 36.3 Å². The van der Waals surface area contributed by atoms with Gasteiger partial charge in [-0.15, -0.1) is 0 Å². The fraction of sp³-hybridized carbons (Fsp3) is 0.250. The van der Waals surface area contributed by atoms with E-state index in [9.17, 15) is 4.79 Å². The van der Waals surface area contributed by atoms with Crippen molar-refractivity contribution >= 4 is 23.0 Å². The van der Waals surface area contributed by atoms with Crippen LogP contribution in [-0.4, -0.2) is 29.1 Å². The molecule has 0 radical (unpaired) electrons. The van der Waals surface area contributed by atoms with Gasteiger partial charge in [0.05, 0.1) is 0 Å². The third kappa shape index (κ3) is 3.72. The summed E-state index contributed by atoms with van der Waals surface area (Å²) in [6.07, 6.45) is 1.48. The van der Waals surface area contributed by atoms with Crippen LogP contribution in [0.1, 0.15) is 24.3 Å². The van der Waals surface area contributed by atoms with Crippen molar-refractivity contribution in [2.75, 3.05) is 23.3 Å². The number of rotatable bonds is 6. The molecule has 0 aliphatic heterocycles. The average molecular weight is 285 g/mol. The van der Waals surface area contributed by atoms with E-state index in [-0.39, 0.29) is 5.69 Å². The maximum absolute atomic E-state index is 10.9. The van der Waals surface area contributed by atoms with E-state index >= 15 is 0 Å². The first-order valence-corrected chi connectivity index (χ1v) is 6.95. The molecular weight excluding hydrogens is 266 g/mol. The predicted molar refractivity (Wildman–Crippen MR) is 84.5 cm³/mol. The number of nitrogens with zero attached hydrogens (tertiary/aromatic N) is 2. The van der Waals surface area contributed by atoms with Crippen LogP contribution in [0.5, 0.6) is 0 Å².